The predicted octanol–water partition coefficient (Wildman–Crippen LogP) is 7.12. The van der Waals surface area contributed by atoms with Gasteiger partial charge in [0.15, 0.2) is 0 Å². The Labute approximate surface area is 185 Å². The molecule has 0 aliphatic carbocycles. The molecule has 0 saturated carbocycles. The first-order chi connectivity index (χ1) is 13.8. The van der Waals surface area contributed by atoms with Crippen LogP contribution in [0.3, 0.4) is 0 Å². The third kappa shape index (κ3) is 18.2. The predicted molar refractivity (Wildman–Crippen MR) is 129 cm³/mol. The molecule has 0 fully saturated rings. The van der Waals surface area contributed by atoms with Gasteiger partial charge in [0.25, 0.3) is 0 Å². The Hall–Kier alpha value is -0.261. The molecule has 0 aromatic heterocycles. The van der Waals surface area contributed by atoms with E-state index in [0.717, 1.165) is 0 Å². The normalized spacial score (nSPS) is 12.6. The molecule has 0 aliphatic rings. The summed E-state index contributed by atoms with van der Waals surface area (Å²) in [6.07, 6.45) is 20.0. The molecule has 0 saturated heterocycles. The van der Waals surface area contributed by atoms with E-state index in [4.69, 9.17) is 0 Å². The van der Waals surface area contributed by atoms with E-state index < -0.39 is 18.4 Å². The molecule has 0 heterocycles. The van der Waals surface area contributed by atoms with Crippen LogP contribution in [-0.4, -0.2) is 30.2 Å². The summed E-state index contributed by atoms with van der Waals surface area (Å²) in [7, 11) is 0. The number of hydrogen-bond acceptors (Lipinski definition) is 2. The van der Waals surface area contributed by atoms with Crippen molar-refractivity contribution in [2.75, 3.05) is 0 Å². The zero-order valence-corrected chi connectivity index (χ0v) is 23.1. The molecule has 5 heteroatoms. The van der Waals surface area contributed by atoms with Crippen molar-refractivity contribution in [3.05, 3.63) is 0 Å². The van der Waals surface area contributed by atoms with Gasteiger partial charge in [0.05, 0.1) is 0 Å². The van der Waals surface area contributed by atoms with E-state index in [1.54, 1.807) is 6.92 Å². The summed E-state index contributed by atoms with van der Waals surface area (Å²) in [6.45, 7) is 4.06. The Bertz CT molecular complexity index is 422. The summed E-state index contributed by atoms with van der Waals surface area (Å²) in [5.41, 5.74) is 5.07. The quantitative estimate of drug-likeness (QED) is 0.116. The standard InChI is InChI=1S/C21H41N2O2.3CH3.Sn/c1-3-5-6-7-8-9-10-11-12-13-14-15-16-17-18-19-21(25)23-22-20(24)4-2;;;;/h18H,3-17,19H2,1-2H3,(H,22,24)(H,23,25);3*1H3;. The van der Waals surface area contributed by atoms with Crippen LogP contribution in [0.5, 0.6) is 0 Å². The van der Waals surface area contributed by atoms with E-state index in [2.05, 4.69) is 32.6 Å². The number of hydrogen-bond donors (Lipinski definition) is 2. The maximum atomic E-state index is 12.2. The summed E-state index contributed by atoms with van der Waals surface area (Å²) in [5, 5.41) is 0. The van der Waals surface area contributed by atoms with E-state index in [-0.39, 0.29) is 11.8 Å². The number of nitrogens with one attached hydrogen (secondary N) is 2. The van der Waals surface area contributed by atoms with Gasteiger partial charge in [-0.25, -0.2) is 0 Å². The molecule has 0 radical (unpaired) electrons. The second-order valence-electron chi connectivity index (χ2n) is 9.75. The van der Waals surface area contributed by atoms with Crippen LogP contribution < -0.4 is 10.9 Å². The van der Waals surface area contributed by atoms with Crippen LogP contribution in [0, 0.1) is 0 Å². The first kappa shape index (κ1) is 28.7. The van der Waals surface area contributed by atoms with Gasteiger partial charge in [-0.2, -0.15) is 0 Å². The molecule has 0 aromatic rings. The monoisotopic (exact) mass is 518 g/mol. The molecule has 1 atom stereocenters. The van der Waals surface area contributed by atoms with Gasteiger partial charge in [0.1, 0.15) is 0 Å². The molecule has 4 nitrogen and oxygen atoms in total. The van der Waals surface area contributed by atoms with E-state index in [0.29, 0.717) is 16.8 Å². The van der Waals surface area contributed by atoms with Crippen molar-refractivity contribution in [1.82, 2.24) is 10.9 Å². The van der Waals surface area contributed by atoms with Gasteiger partial charge in [-0.1, -0.05) is 26.2 Å². The number of amides is 2. The van der Waals surface area contributed by atoms with Crippen LogP contribution in [0.2, 0.25) is 18.8 Å². The van der Waals surface area contributed by atoms with Gasteiger partial charge in [-0.15, -0.1) is 0 Å². The van der Waals surface area contributed by atoms with Crippen molar-refractivity contribution in [3.63, 3.8) is 0 Å². The SMILES string of the molecule is CCCCCCCCCCCCCCC[CH](CC(=O)NNC(=O)CC)[Sn]([CH3])([CH3])[CH3]. The molecule has 0 aliphatic heterocycles. The maximum absolute atomic E-state index is 12.2. The molecule has 2 N–H and O–H groups in total. The number of carbonyl (C=O) groups excluding carboxylic acids is 2. The van der Waals surface area contributed by atoms with Gasteiger partial charge < -0.3 is 0 Å². The van der Waals surface area contributed by atoms with E-state index in [9.17, 15) is 9.59 Å². The molecule has 1 unspecified atom stereocenters. The van der Waals surface area contributed by atoms with Crippen LogP contribution in [0.1, 0.15) is 117 Å². The van der Waals surface area contributed by atoms with Gasteiger partial charge in [-0.3, -0.25) is 0 Å². The number of hydrazine groups is 1. The molecular weight excluding hydrogens is 467 g/mol. The second-order valence-corrected chi connectivity index (χ2v) is 25.6. The average molecular weight is 517 g/mol. The molecular formula is C24H50N2O2Sn. The van der Waals surface area contributed by atoms with Crippen molar-refractivity contribution in [1.29, 1.82) is 0 Å². The van der Waals surface area contributed by atoms with Crippen LogP contribution in [0.25, 0.3) is 0 Å². The summed E-state index contributed by atoms with van der Waals surface area (Å²) in [4.78, 5) is 30.7. The molecule has 0 aromatic carbocycles. The van der Waals surface area contributed by atoms with Crippen molar-refractivity contribution in [2.24, 2.45) is 0 Å². The topological polar surface area (TPSA) is 58.2 Å². The van der Waals surface area contributed by atoms with Crippen LogP contribution in [0.4, 0.5) is 0 Å². The van der Waals surface area contributed by atoms with Gasteiger partial charge in [0, 0.05) is 0 Å². The minimum atomic E-state index is -2.15. The van der Waals surface area contributed by atoms with Gasteiger partial charge in [0.2, 0.25) is 0 Å². The Kier molecular flexibility index (Phi) is 18.3. The summed E-state index contributed by atoms with van der Waals surface area (Å²) in [5.74, 6) is -0.163. The molecule has 29 heavy (non-hydrogen) atoms. The Morgan fingerprint density at radius 3 is 1.48 bits per heavy atom. The summed E-state index contributed by atoms with van der Waals surface area (Å²) in [6, 6.07) is 0. The van der Waals surface area contributed by atoms with Crippen LogP contribution in [-0.2, 0) is 9.59 Å². The second kappa shape index (κ2) is 18.5. The van der Waals surface area contributed by atoms with Crippen molar-refractivity contribution >= 4 is 30.2 Å². The van der Waals surface area contributed by atoms with Crippen molar-refractivity contribution in [3.8, 4) is 0 Å². The molecule has 172 valence electrons. The molecule has 0 spiro atoms. The zero-order chi connectivity index (χ0) is 22.0. The fraction of sp³-hybridized carbons (Fsp3) is 0.917. The average Bonchev–Trinajstić information content (AvgIpc) is 2.67. The van der Waals surface area contributed by atoms with Crippen LogP contribution in [0.15, 0.2) is 0 Å². The summed E-state index contributed by atoms with van der Waals surface area (Å²) >= 11 is -2.15. The van der Waals surface area contributed by atoms with E-state index in [1.807, 2.05) is 0 Å². The van der Waals surface area contributed by atoms with Gasteiger partial charge in [-0.05, 0) is 0 Å². The first-order valence-electron chi connectivity index (χ1n) is 12.4. The third-order valence-corrected chi connectivity index (χ3v) is 14.4. The number of rotatable bonds is 18. The van der Waals surface area contributed by atoms with E-state index >= 15 is 0 Å². The zero-order valence-electron chi connectivity index (χ0n) is 20.2. The number of carbonyl (C=O) groups is 2. The third-order valence-electron chi connectivity index (χ3n) is 5.98. The number of unbranched alkanes of at least 4 members (excludes halogenated alkanes) is 12. The first-order valence-corrected chi connectivity index (χ1v) is 22.6. The molecule has 0 rings (SSSR count). The van der Waals surface area contributed by atoms with Crippen LogP contribution >= 0.6 is 0 Å². The molecule has 2 amide bonds. The van der Waals surface area contributed by atoms with Crippen molar-refractivity contribution < 1.29 is 9.59 Å². The Balaban J connectivity index is 3.77. The van der Waals surface area contributed by atoms with E-state index in [1.165, 1.54) is 89.9 Å². The fourth-order valence-corrected chi connectivity index (χ4v) is 9.08. The fourth-order valence-electron chi connectivity index (χ4n) is 3.75. The van der Waals surface area contributed by atoms with Crippen molar-refractivity contribution in [2.45, 2.75) is 135 Å². The Morgan fingerprint density at radius 1 is 0.655 bits per heavy atom. The Morgan fingerprint density at radius 2 is 1.07 bits per heavy atom. The molecule has 0 bridgehead atoms. The minimum absolute atomic E-state index is 0.0295. The van der Waals surface area contributed by atoms with Gasteiger partial charge >= 0.3 is 160 Å². The summed E-state index contributed by atoms with van der Waals surface area (Å²) < 4.78 is 0.551.